The topological polar surface area (TPSA) is 9.72 Å². The van der Waals surface area contributed by atoms with Crippen molar-refractivity contribution in [2.75, 3.05) is 59.4 Å². The zero-order chi connectivity index (χ0) is 12.8. The highest BCUT2D eigenvalue weighted by Crippen LogP contribution is 2.20. The van der Waals surface area contributed by atoms with Crippen molar-refractivity contribution in [2.45, 2.75) is 19.3 Å². The van der Waals surface area contributed by atoms with Gasteiger partial charge in [-0.15, -0.1) is 6.58 Å². The number of piperidine rings is 1. The molecule has 3 nitrogen and oxygen atoms in total. The van der Waals surface area contributed by atoms with Crippen LogP contribution >= 0.6 is 0 Å². The van der Waals surface area contributed by atoms with Crippen LogP contribution in [-0.2, 0) is 0 Å². The molecule has 0 saturated carbocycles. The Balaban J connectivity index is 1.59. The summed E-state index contributed by atoms with van der Waals surface area (Å²) >= 11 is 0. The number of nitrogens with zero attached hydrogens (tertiary/aromatic N) is 3. The average molecular weight is 251 g/mol. The quantitative estimate of drug-likeness (QED) is 0.686. The fourth-order valence-electron chi connectivity index (χ4n) is 3.04. The van der Waals surface area contributed by atoms with E-state index in [2.05, 4.69) is 34.4 Å². The molecule has 0 aromatic carbocycles. The lowest BCUT2D eigenvalue weighted by molar-refractivity contribution is 0.120. The Bertz CT molecular complexity index is 238. The molecular formula is C15H29N3. The molecule has 2 rings (SSSR count). The van der Waals surface area contributed by atoms with Crippen LogP contribution in [0.5, 0.6) is 0 Å². The van der Waals surface area contributed by atoms with Crippen LogP contribution in [0.15, 0.2) is 12.7 Å². The first kappa shape index (κ1) is 14.0. The van der Waals surface area contributed by atoms with Crippen molar-refractivity contribution in [2.24, 2.45) is 5.92 Å². The van der Waals surface area contributed by atoms with Crippen molar-refractivity contribution in [3.8, 4) is 0 Å². The van der Waals surface area contributed by atoms with Crippen molar-refractivity contribution >= 4 is 0 Å². The maximum Gasteiger partial charge on any atom is 0.0110 e. The van der Waals surface area contributed by atoms with Gasteiger partial charge in [0.05, 0.1) is 0 Å². The minimum atomic E-state index is 0.905. The van der Waals surface area contributed by atoms with Gasteiger partial charge in [0, 0.05) is 39.3 Å². The van der Waals surface area contributed by atoms with Crippen LogP contribution in [0.3, 0.4) is 0 Å². The van der Waals surface area contributed by atoms with Crippen LogP contribution in [0, 0.1) is 5.92 Å². The molecule has 0 aromatic heterocycles. The largest absolute Gasteiger partial charge is 0.304 e. The van der Waals surface area contributed by atoms with E-state index in [0.29, 0.717) is 0 Å². The summed E-state index contributed by atoms with van der Waals surface area (Å²) in [4.78, 5) is 7.70. The Labute approximate surface area is 112 Å². The van der Waals surface area contributed by atoms with E-state index >= 15 is 0 Å². The molecule has 0 amide bonds. The number of allylic oxidation sites excluding steroid dienone is 1. The van der Waals surface area contributed by atoms with E-state index in [1.54, 1.807) is 0 Å². The average Bonchev–Trinajstić information content (AvgIpc) is 2.40. The standard InChI is InChI=1S/C15H29N3/c1-3-4-15-5-7-17(8-6-15)13-14-18-11-9-16(2)10-12-18/h3,15H,1,4-14H2,2H3. The highest BCUT2D eigenvalue weighted by molar-refractivity contribution is 4.79. The SMILES string of the molecule is C=CCC1CCN(CCN2CCN(C)CC2)CC1. The molecule has 18 heavy (non-hydrogen) atoms. The molecule has 0 unspecified atom stereocenters. The molecule has 0 aromatic rings. The third-order valence-electron chi connectivity index (χ3n) is 4.54. The summed E-state index contributed by atoms with van der Waals surface area (Å²) in [5.74, 6) is 0.905. The van der Waals surface area contributed by atoms with Gasteiger partial charge < -0.3 is 9.80 Å². The van der Waals surface area contributed by atoms with E-state index < -0.39 is 0 Å². The Morgan fingerprint density at radius 1 is 0.944 bits per heavy atom. The Morgan fingerprint density at radius 3 is 2.06 bits per heavy atom. The minimum Gasteiger partial charge on any atom is -0.304 e. The minimum absolute atomic E-state index is 0.905. The lowest BCUT2D eigenvalue weighted by atomic mass is 9.94. The predicted molar refractivity (Wildman–Crippen MR) is 77.9 cm³/mol. The van der Waals surface area contributed by atoms with Gasteiger partial charge in [-0.1, -0.05) is 6.08 Å². The summed E-state index contributed by atoms with van der Waals surface area (Å²) in [7, 11) is 2.22. The summed E-state index contributed by atoms with van der Waals surface area (Å²) < 4.78 is 0. The van der Waals surface area contributed by atoms with E-state index in [0.717, 1.165) is 5.92 Å². The first-order valence-electron chi connectivity index (χ1n) is 7.52. The van der Waals surface area contributed by atoms with Crippen LogP contribution in [0.25, 0.3) is 0 Å². The zero-order valence-corrected chi connectivity index (χ0v) is 12.0. The van der Waals surface area contributed by atoms with Gasteiger partial charge in [-0.25, -0.2) is 0 Å². The number of hydrogen-bond acceptors (Lipinski definition) is 3. The summed E-state index contributed by atoms with van der Waals surface area (Å²) in [5.41, 5.74) is 0. The molecule has 0 spiro atoms. The first-order chi connectivity index (χ1) is 8.78. The van der Waals surface area contributed by atoms with Gasteiger partial charge in [0.15, 0.2) is 0 Å². The fraction of sp³-hybridized carbons (Fsp3) is 0.867. The Kier molecular flexibility index (Phi) is 5.67. The summed E-state index contributed by atoms with van der Waals surface area (Å²) in [6.07, 6.45) is 6.04. The van der Waals surface area contributed by atoms with Gasteiger partial charge in [0.1, 0.15) is 0 Å². The van der Waals surface area contributed by atoms with Gasteiger partial charge >= 0.3 is 0 Å². The van der Waals surface area contributed by atoms with Gasteiger partial charge in [-0.3, -0.25) is 4.90 Å². The van der Waals surface area contributed by atoms with Crippen LogP contribution < -0.4 is 0 Å². The van der Waals surface area contributed by atoms with Gasteiger partial charge in [0.2, 0.25) is 0 Å². The fourth-order valence-corrected chi connectivity index (χ4v) is 3.04. The van der Waals surface area contributed by atoms with Crippen LogP contribution in [-0.4, -0.2) is 74.1 Å². The Hall–Kier alpha value is -0.380. The van der Waals surface area contributed by atoms with Crippen molar-refractivity contribution in [3.05, 3.63) is 12.7 Å². The van der Waals surface area contributed by atoms with E-state index in [9.17, 15) is 0 Å². The molecule has 0 N–H and O–H groups in total. The third kappa shape index (κ3) is 4.38. The monoisotopic (exact) mass is 251 g/mol. The third-order valence-corrected chi connectivity index (χ3v) is 4.54. The molecule has 2 aliphatic rings. The van der Waals surface area contributed by atoms with Crippen molar-refractivity contribution < 1.29 is 0 Å². The highest BCUT2D eigenvalue weighted by Gasteiger charge is 2.19. The predicted octanol–water partition coefficient (Wildman–Crippen LogP) is 1.52. The zero-order valence-electron chi connectivity index (χ0n) is 12.0. The summed E-state index contributed by atoms with van der Waals surface area (Å²) in [6.45, 7) is 14.0. The molecule has 0 aliphatic carbocycles. The molecule has 3 heteroatoms. The second-order valence-electron chi connectivity index (χ2n) is 5.95. The lowest BCUT2D eigenvalue weighted by Gasteiger charge is -2.36. The van der Waals surface area contributed by atoms with Gasteiger partial charge in [-0.2, -0.15) is 0 Å². The lowest BCUT2D eigenvalue weighted by Crippen LogP contribution is -2.47. The summed E-state index contributed by atoms with van der Waals surface area (Å²) in [5, 5.41) is 0. The number of rotatable bonds is 5. The van der Waals surface area contributed by atoms with E-state index in [1.165, 1.54) is 71.6 Å². The van der Waals surface area contributed by atoms with E-state index in [1.807, 2.05) is 0 Å². The molecule has 0 bridgehead atoms. The van der Waals surface area contributed by atoms with Gasteiger partial charge in [-0.05, 0) is 45.3 Å². The number of likely N-dealkylation sites (tertiary alicyclic amines) is 1. The Morgan fingerprint density at radius 2 is 1.50 bits per heavy atom. The second kappa shape index (κ2) is 7.27. The molecule has 2 fully saturated rings. The first-order valence-corrected chi connectivity index (χ1v) is 7.52. The van der Waals surface area contributed by atoms with E-state index in [4.69, 9.17) is 0 Å². The van der Waals surface area contributed by atoms with Crippen molar-refractivity contribution in [1.82, 2.24) is 14.7 Å². The number of likely N-dealkylation sites (N-methyl/N-ethyl adjacent to an activating group) is 1. The molecule has 2 heterocycles. The number of piperazine rings is 1. The van der Waals surface area contributed by atoms with E-state index in [-0.39, 0.29) is 0 Å². The highest BCUT2D eigenvalue weighted by atomic mass is 15.3. The normalized spacial score (nSPS) is 25.4. The summed E-state index contributed by atoms with van der Waals surface area (Å²) in [6, 6.07) is 0. The maximum absolute atomic E-state index is 3.85. The van der Waals surface area contributed by atoms with Crippen LogP contribution in [0.4, 0.5) is 0 Å². The van der Waals surface area contributed by atoms with Crippen LogP contribution in [0.2, 0.25) is 0 Å². The van der Waals surface area contributed by atoms with Crippen LogP contribution in [0.1, 0.15) is 19.3 Å². The second-order valence-corrected chi connectivity index (χ2v) is 5.95. The van der Waals surface area contributed by atoms with Crippen molar-refractivity contribution in [1.29, 1.82) is 0 Å². The maximum atomic E-state index is 3.85. The molecule has 2 saturated heterocycles. The number of hydrogen-bond donors (Lipinski definition) is 0. The molecule has 0 radical (unpaired) electrons. The smallest absolute Gasteiger partial charge is 0.0110 e. The molecule has 104 valence electrons. The van der Waals surface area contributed by atoms with Crippen molar-refractivity contribution in [3.63, 3.8) is 0 Å². The van der Waals surface area contributed by atoms with Gasteiger partial charge in [0.25, 0.3) is 0 Å². The molecule has 0 atom stereocenters. The molecular weight excluding hydrogens is 222 g/mol. The molecule has 2 aliphatic heterocycles.